The van der Waals surface area contributed by atoms with E-state index in [9.17, 15) is 13.2 Å². The highest BCUT2D eigenvalue weighted by Gasteiger charge is 2.14. The summed E-state index contributed by atoms with van der Waals surface area (Å²) in [6.07, 6.45) is 1.17. The third kappa shape index (κ3) is 4.82. The lowest BCUT2D eigenvalue weighted by molar-refractivity contribution is 0.0939. The first-order chi connectivity index (χ1) is 11.7. The van der Waals surface area contributed by atoms with Crippen molar-refractivity contribution >= 4 is 15.7 Å². The van der Waals surface area contributed by atoms with Crippen molar-refractivity contribution < 1.29 is 17.9 Å². The lowest BCUT2D eigenvalue weighted by Crippen LogP contribution is -2.26. The van der Waals surface area contributed by atoms with Crippen LogP contribution in [0.3, 0.4) is 0 Å². The summed E-state index contributed by atoms with van der Waals surface area (Å²) in [5.74, 6) is 0.578. The SMILES string of the molecule is CCOc1ccc(C(=O)N[C@@H](C)c2ccc(S(C)(=O)=O)cc2)cc1C. The minimum absolute atomic E-state index is 0.189. The van der Waals surface area contributed by atoms with E-state index in [0.29, 0.717) is 12.2 Å². The highest BCUT2D eigenvalue weighted by molar-refractivity contribution is 7.90. The van der Waals surface area contributed by atoms with Crippen molar-refractivity contribution in [3.05, 3.63) is 59.2 Å². The Kier molecular flexibility index (Phi) is 5.85. The number of rotatable bonds is 6. The van der Waals surface area contributed by atoms with Crippen LogP contribution in [0.25, 0.3) is 0 Å². The highest BCUT2D eigenvalue weighted by atomic mass is 32.2. The molecule has 0 aliphatic rings. The first-order valence-corrected chi connectivity index (χ1v) is 9.96. The molecule has 0 bridgehead atoms. The predicted molar refractivity (Wildman–Crippen MR) is 97.8 cm³/mol. The summed E-state index contributed by atoms with van der Waals surface area (Å²) in [6.45, 7) is 6.24. The summed E-state index contributed by atoms with van der Waals surface area (Å²) in [5.41, 5.74) is 2.30. The number of amides is 1. The Labute approximate surface area is 148 Å². The second-order valence-corrected chi connectivity index (χ2v) is 7.97. The molecule has 0 heterocycles. The van der Waals surface area contributed by atoms with Crippen LogP contribution >= 0.6 is 0 Å². The Balaban J connectivity index is 2.10. The lowest BCUT2D eigenvalue weighted by Gasteiger charge is -2.15. The van der Waals surface area contributed by atoms with Crippen molar-refractivity contribution in [1.82, 2.24) is 5.32 Å². The topological polar surface area (TPSA) is 72.5 Å². The second kappa shape index (κ2) is 7.70. The molecule has 0 unspecified atom stereocenters. The van der Waals surface area contributed by atoms with Crippen LogP contribution in [-0.2, 0) is 9.84 Å². The van der Waals surface area contributed by atoms with Gasteiger partial charge in [0.1, 0.15) is 5.75 Å². The maximum absolute atomic E-state index is 12.4. The summed E-state index contributed by atoms with van der Waals surface area (Å²) < 4.78 is 28.5. The van der Waals surface area contributed by atoms with Gasteiger partial charge in [0.25, 0.3) is 5.91 Å². The van der Waals surface area contributed by atoms with E-state index in [-0.39, 0.29) is 16.8 Å². The van der Waals surface area contributed by atoms with Gasteiger partial charge >= 0.3 is 0 Å². The summed E-state index contributed by atoms with van der Waals surface area (Å²) in [7, 11) is -3.22. The molecule has 0 saturated carbocycles. The molecule has 1 N–H and O–H groups in total. The van der Waals surface area contributed by atoms with Gasteiger partial charge in [-0.3, -0.25) is 4.79 Å². The molecule has 1 atom stereocenters. The van der Waals surface area contributed by atoms with Crippen LogP contribution < -0.4 is 10.1 Å². The minimum atomic E-state index is -3.22. The number of sulfone groups is 1. The third-order valence-corrected chi connectivity index (χ3v) is 5.02. The van der Waals surface area contributed by atoms with E-state index in [1.807, 2.05) is 20.8 Å². The van der Waals surface area contributed by atoms with Crippen LogP contribution in [-0.4, -0.2) is 27.2 Å². The van der Waals surface area contributed by atoms with Crippen molar-refractivity contribution in [2.45, 2.75) is 31.7 Å². The standard InChI is InChI=1S/C19H23NO4S/c1-5-24-18-11-8-16(12-13(18)2)19(21)20-14(3)15-6-9-17(10-7-15)25(4,22)23/h6-12,14H,5H2,1-4H3,(H,20,21)/t14-/m0/s1. The quantitative estimate of drug-likeness (QED) is 0.857. The normalized spacial score (nSPS) is 12.5. The summed E-state index contributed by atoms with van der Waals surface area (Å²) in [4.78, 5) is 12.7. The van der Waals surface area contributed by atoms with E-state index in [1.165, 1.54) is 6.26 Å². The number of benzene rings is 2. The molecule has 0 spiro atoms. The number of ether oxygens (including phenoxy) is 1. The van der Waals surface area contributed by atoms with Crippen LogP contribution in [0.4, 0.5) is 0 Å². The third-order valence-electron chi connectivity index (χ3n) is 3.89. The van der Waals surface area contributed by atoms with Gasteiger partial charge in [0, 0.05) is 11.8 Å². The van der Waals surface area contributed by atoms with Gasteiger partial charge in [0.05, 0.1) is 17.5 Å². The number of carbonyl (C=O) groups is 1. The van der Waals surface area contributed by atoms with Gasteiger partial charge in [-0.1, -0.05) is 12.1 Å². The minimum Gasteiger partial charge on any atom is -0.494 e. The number of hydrogen-bond acceptors (Lipinski definition) is 4. The molecule has 25 heavy (non-hydrogen) atoms. The molecule has 2 rings (SSSR count). The molecule has 6 heteroatoms. The largest absolute Gasteiger partial charge is 0.494 e. The zero-order valence-corrected chi connectivity index (χ0v) is 15.7. The average Bonchev–Trinajstić information content (AvgIpc) is 2.56. The fraction of sp³-hybridized carbons (Fsp3) is 0.316. The number of hydrogen-bond donors (Lipinski definition) is 1. The van der Waals surface area contributed by atoms with Crippen molar-refractivity contribution in [2.75, 3.05) is 12.9 Å². The maximum atomic E-state index is 12.4. The van der Waals surface area contributed by atoms with Crippen molar-refractivity contribution in [2.24, 2.45) is 0 Å². The molecule has 5 nitrogen and oxygen atoms in total. The van der Waals surface area contributed by atoms with Crippen molar-refractivity contribution in [3.8, 4) is 5.75 Å². The fourth-order valence-corrected chi connectivity index (χ4v) is 3.11. The zero-order valence-electron chi connectivity index (χ0n) is 14.9. The van der Waals surface area contributed by atoms with E-state index in [4.69, 9.17) is 4.74 Å². The smallest absolute Gasteiger partial charge is 0.251 e. The molecular formula is C19H23NO4S. The van der Waals surface area contributed by atoms with Gasteiger partial charge in [-0.15, -0.1) is 0 Å². The van der Waals surface area contributed by atoms with Gasteiger partial charge in [-0.05, 0) is 62.2 Å². The molecule has 2 aromatic carbocycles. The Hall–Kier alpha value is -2.34. The van der Waals surface area contributed by atoms with Crippen molar-refractivity contribution in [3.63, 3.8) is 0 Å². The number of aryl methyl sites for hydroxylation is 1. The molecule has 1 amide bonds. The molecule has 0 aliphatic carbocycles. The summed E-state index contributed by atoms with van der Waals surface area (Å²) in [5, 5.41) is 2.92. The molecule has 2 aromatic rings. The summed E-state index contributed by atoms with van der Waals surface area (Å²) in [6, 6.07) is 11.6. The van der Waals surface area contributed by atoms with E-state index >= 15 is 0 Å². The molecule has 0 saturated heterocycles. The van der Waals surface area contributed by atoms with Crippen LogP contribution in [0.2, 0.25) is 0 Å². The number of carbonyl (C=O) groups excluding carboxylic acids is 1. The molecule has 134 valence electrons. The highest BCUT2D eigenvalue weighted by Crippen LogP contribution is 2.20. The number of nitrogens with one attached hydrogen (secondary N) is 1. The van der Waals surface area contributed by atoms with Gasteiger partial charge in [-0.2, -0.15) is 0 Å². The Morgan fingerprint density at radius 2 is 1.80 bits per heavy atom. The van der Waals surface area contributed by atoms with Crippen LogP contribution in [0, 0.1) is 6.92 Å². The maximum Gasteiger partial charge on any atom is 0.251 e. The molecule has 0 aromatic heterocycles. The summed E-state index contributed by atoms with van der Waals surface area (Å²) >= 11 is 0. The van der Waals surface area contributed by atoms with Crippen molar-refractivity contribution in [1.29, 1.82) is 0 Å². The van der Waals surface area contributed by atoms with E-state index < -0.39 is 9.84 Å². The molecule has 0 radical (unpaired) electrons. The van der Waals surface area contributed by atoms with Gasteiger partial charge in [-0.25, -0.2) is 8.42 Å². The molecular weight excluding hydrogens is 338 g/mol. The first kappa shape index (κ1) is 19.0. The second-order valence-electron chi connectivity index (χ2n) is 5.95. The van der Waals surface area contributed by atoms with E-state index in [2.05, 4.69) is 5.32 Å². The van der Waals surface area contributed by atoms with Crippen LogP contribution in [0.1, 0.15) is 41.4 Å². The Bertz CT molecular complexity index is 857. The Morgan fingerprint density at radius 1 is 1.16 bits per heavy atom. The van der Waals surface area contributed by atoms with Crippen LogP contribution in [0.5, 0.6) is 5.75 Å². The van der Waals surface area contributed by atoms with Gasteiger partial charge in [0.2, 0.25) is 0 Å². The van der Waals surface area contributed by atoms with Gasteiger partial charge in [0.15, 0.2) is 9.84 Å². The van der Waals surface area contributed by atoms with E-state index in [0.717, 1.165) is 16.9 Å². The van der Waals surface area contributed by atoms with Crippen LogP contribution in [0.15, 0.2) is 47.4 Å². The lowest BCUT2D eigenvalue weighted by atomic mass is 10.1. The average molecular weight is 361 g/mol. The zero-order chi connectivity index (χ0) is 18.6. The predicted octanol–water partition coefficient (Wildman–Crippen LogP) is 3.29. The monoisotopic (exact) mass is 361 g/mol. The van der Waals surface area contributed by atoms with E-state index in [1.54, 1.807) is 42.5 Å². The molecule has 0 fully saturated rings. The van der Waals surface area contributed by atoms with Gasteiger partial charge < -0.3 is 10.1 Å². The fourth-order valence-electron chi connectivity index (χ4n) is 2.48. The first-order valence-electron chi connectivity index (χ1n) is 8.06. The molecule has 0 aliphatic heterocycles. The Morgan fingerprint density at radius 3 is 2.32 bits per heavy atom.